The van der Waals surface area contributed by atoms with Gasteiger partial charge in [0.05, 0.1) is 29.4 Å². The number of hydrogen-bond acceptors (Lipinski definition) is 7. The minimum absolute atomic E-state index is 0.0312. The van der Waals surface area contributed by atoms with E-state index in [0.717, 1.165) is 5.56 Å². The van der Waals surface area contributed by atoms with E-state index in [1.165, 1.54) is 30.0 Å². The molecule has 202 valence electrons. The lowest BCUT2D eigenvalue weighted by Gasteiger charge is -2.36. The number of ether oxygens (including phenoxy) is 1. The summed E-state index contributed by atoms with van der Waals surface area (Å²) < 4.78 is 20.3. The largest absolute Gasteiger partial charge is 0.442 e. The molecule has 11 nitrogen and oxygen atoms in total. The zero-order valence-corrected chi connectivity index (χ0v) is 21.1. The first kappa shape index (κ1) is 26.8. The van der Waals surface area contributed by atoms with Crippen LogP contribution in [0.2, 0.25) is 0 Å². The Balaban J connectivity index is 1.24. The quantitative estimate of drug-likeness (QED) is 0.393. The first-order valence-corrected chi connectivity index (χ1v) is 12.5. The van der Waals surface area contributed by atoms with Gasteiger partial charge < -0.3 is 19.9 Å². The molecular formula is C26H30FN5O6. The summed E-state index contributed by atoms with van der Waals surface area (Å²) in [7, 11) is 0. The fraction of sp³-hybridized carbons (Fsp3) is 0.423. The Kier molecular flexibility index (Phi) is 8.39. The summed E-state index contributed by atoms with van der Waals surface area (Å²) in [6, 6.07) is 10.9. The molecule has 0 unspecified atom stereocenters. The zero-order chi connectivity index (χ0) is 27.2. The van der Waals surface area contributed by atoms with Gasteiger partial charge in [0.15, 0.2) is 0 Å². The summed E-state index contributed by atoms with van der Waals surface area (Å²) in [6.07, 6.45) is 0.564. The highest BCUT2D eigenvalue weighted by Gasteiger charge is 2.33. The number of non-ortho nitro benzene ring substituents is 1. The van der Waals surface area contributed by atoms with E-state index in [4.69, 9.17) is 4.74 Å². The molecule has 1 N–H and O–H groups in total. The number of nitro groups is 1. The highest BCUT2D eigenvalue weighted by molar-refractivity contribution is 5.90. The Labute approximate surface area is 219 Å². The van der Waals surface area contributed by atoms with Crippen molar-refractivity contribution >= 4 is 35.0 Å². The average molecular weight is 528 g/mol. The number of piperazine rings is 1. The maximum atomic E-state index is 15.0. The molecule has 3 amide bonds. The molecule has 0 aromatic heterocycles. The van der Waals surface area contributed by atoms with Gasteiger partial charge in [0, 0.05) is 51.7 Å². The third kappa shape index (κ3) is 6.55. The number of cyclic esters (lactones) is 1. The number of anilines is 2. The normalized spacial score (nSPS) is 17.4. The molecule has 38 heavy (non-hydrogen) atoms. The summed E-state index contributed by atoms with van der Waals surface area (Å²) in [5.74, 6) is -0.661. The molecule has 0 spiro atoms. The fourth-order valence-corrected chi connectivity index (χ4v) is 4.60. The lowest BCUT2D eigenvalue weighted by atomic mass is 10.1. The van der Waals surface area contributed by atoms with E-state index in [0.29, 0.717) is 56.8 Å². The molecule has 0 aliphatic carbocycles. The number of carbonyl (C=O) groups is 3. The average Bonchev–Trinajstić information content (AvgIpc) is 3.28. The molecule has 0 bridgehead atoms. The number of carbonyl (C=O) groups excluding carboxylic acids is 3. The smallest absolute Gasteiger partial charge is 0.414 e. The van der Waals surface area contributed by atoms with Crippen LogP contribution < -0.4 is 15.1 Å². The lowest BCUT2D eigenvalue weighted by molar-refractivity contribution is -0.384. The van der Waals surface area contributed by atoms with Crippen LogP contribution in [-0.4, -0.2) is 73.1 Å². The molecule has 2 aliphatic rings. The molecule has 2 fully saturated rings. The van der Waals surface area contributed by atoms with Crippen molar-refractivity contribution in [2.24, 2.45) is 0 Å². The molecule has 2 aliphatic heterocycles. The summed E-state index contributed by atoms with van der Waals surface area (Å²) in [4.78, 5) is 51.3. The fourth-order valence-electron chi connectivity index (χ4n) is 4.60. The Hall–Kier alpha value is -4.22. The van der Waals surface area contributed by atoms with Crippen molar-refractivity contribution in [3.8, 4) is 0 Å². The summed E-state index contributed by atoms with van der Waals surface area (Å²) in [5, 5.41) is 13.4. The van der Waals surface area contributed by atoms with Gasteiger partial charge in [0.2, 0.25) is 11.8 Å². The topological polar surface area (TPSA) is 125 Å². The van der Waals surface area contributed by atoms with Crippen LogP contribution in [0.15, 0.2) is 42.5 Å². The molecule has 2 aromatic rings. The number of halogens is 1. The van der Waals surface area contributed by atoms with Crippen LogP contribution in [0.4, 0.5) is 26.2 Å². The number of aryl methyl sites for hydroxylation is 1. The van der Waals surface area contributed by atoms with Crippen molar-refractivity contribution in [2.45, 2.75) is 32.3 Å². The third-order valence-corrected chi connectivity index (χ3v) is 6.67. The number of hydrogen-bond donors (Lipinski definition) is 1. The first-order valence-electron chi connectivity index (χ1n) is 12.5. The monoisotopic (exact) mass is 527 g/mol. The highest BCUT2D eigenvalue weighted by atomic mass is 19.1. The van der Waals surface area contributed by atoms with E-state index in [-0.39, 0.29) is 30.6 Å². The molecule has 0 radical (unpaired) electrons. The minimum atomic E-state index is -0.590. The van der Waals surface area contributed by atoms with Crippen molar-refractivity contribution < 1.29 is 28.4 Å². The van der Waals surface area contributed by atoms with E-state index in [1.807, 2.05) is 4.90 Å². The third-order valence-electron chi connectivity index (χ3n) is 6.67. The zero-order valence-electron chi connectivity index (χ0n) is 21.1. The van der Waals surface area contributed by atoms with Crippen LogP contribution in [0.1, 0.15) is 25.3 Å². The number of benzene rings is 2. The molecule has 12 heteroatoms. The number of nitro benzene ring substituents is 1. The van der Waals surface area contributed by atoms with E-state index < -0.39 is 22.9 Å². The van der Waals surface area contributed by atoms with Crippen molar-refractivity contribution in [1.29, 1.82) is 0 Å². The van der Waals surface area contributed by atoms with Crippen LogP contribution >= 0.6 is 0 Å². The van der Waals surface area contributed by atoms with Crippen molar-refractivity contribution in [3.63, 3.8) is 0 Å². The van der Waals surface area contributed by atoms with Gasteiger partial charge in [-0.3, -0.25) is 24.6 Å². The van der Waals surface area contributed by atoms with Gasteiger partial charge in [-0.15, -0.1) is 0 Å². The Morgan fingerprint density at radius 2 is 1.84 bits per heavy atom. The maximum Gasteiger partial charge on any atom is 0.414 e. The van der Waals surface area contributed by atoms with Gasteiger partial charge >= 0.3 is 6.09 Å². The van der Waals surface area contributed by atoms with Gasteiger partial charge in [-0.25, -0.2) is 9.18 Å². The second-order valence-electron chi connectivity index (χ2n) is 9.33. The molecule has 2 saturated heterocycles. The van der Waals surface area contributed by atoms with Gasteiger partial charge in [-0.1, -0.05) is 12.1 Å². The molecule has 2 heterocycles. The maximum absolute atomic E-state index is 15.0. The van der Waals surface area contributed by atoms with Crippen LogP contribution in [0.3, 0.4) is 0 Å². The van der Waals surface area contributed by atoms with E-state index in [2.05, 4.69) is 5.32 Å². The van der Waals surface area contributed by atoms with Crippen LogP contribution in [-0.2, 0) is 20.7 Å². The number of nitrogens with zero attached hydrogens (tertiary/aromatic N) is 4. The van der Waals surface area contributed by atoms with E-state index in [1.54, 1.807) is 29.2 Å². The van der Waals surface area contributed by atoms with Gasteiger partial charge in [0.1, 0.15) is 11.9 Å². The molecule has 0 saturated carbocycles. The standard InChI is InChI=1S/C26H30FN5O6/c1-18(33)28-16-22-17-31(26(35)38-22)21-9-10-24(23(27)15-21)29-11-13-30(14-12-29)25(34)4-2-3-19-5-7-20(8-6-19)32(36)37/h5-10,15,22H,2-4,11-14,16-17H2,1H3,(H,28,33)/t22-/m0/s1. The molecule has 4 rings (SSSR count). The molecule has 2 aromatic carbocycles. The second-order valence-corrected chi connectivity index (χ2v) is 9.33. The SMILES string of the molecule is CC(=O)NC[C@H]1CN(c2ccc(N3CCN(C(=O)CCCc4ccc([N+](=O)[O-])cc4)CC3)c(F)c2)C(=O)O1. The summed E-state index contributed by atoms with van der Waals surface area (Å²) in [6.45, 7) is 3.69. The van der Waals surface area contributed by atoms with Crippen LogP contribution in [0.25, 0.3) is 0 Å². The summed E-state index contributed by atoms with van der Waals surface area (Å²) in [5.41, 5.74) is 1.77. The predicted molar refractivity (Wildman–Crippen MR) is 138 cm³/mol. The first-order chi connectivity index (χ1) is 18.2. The van der Waals surface area contributed by atoms with Crippen molar-refractivity contribution in [2.75, 3.05) is 49.1 Å². The Bertz CT molecular complexity index is 1200. The minimum Gasteiger partial charge on any atom is -0.442 e. The summed E-state index contributed by atoms with van der Waals surface area (Å²) >= 11 is 0. The number of amides is 3. The van der Waals surface area contributed by atoms with E-state index >= 15 is 4.39 Å². The number of nitrogens with one attached hydrogen (secondary N) is 1. The Morgan fingerprint density at radius 3 is 2.47 bits per heavy atom. The van der Waals surface area contributed by atoms with Gasteiger partial charge in [0.25, 0.3) is 5.69 Å². The molecule has 1 atom stereocenters. The van der Waals surface area contributed by atoms with Crippen LogP contribution in [0.5, 0.6) is 0 Å². The van der Waals surface area contributed by atoms with Gasteiger partial charge in [-0.2, -0.15) is 0 Å². The molecular weight excluding hydrogens is 497 g/mol. The van der Waals surface area contributed by atoms with Gasteiger partial charge in [-0.05, 0) is 36.6 Å². The Morgan fingerprint density at radius 1 is 1.13 bits per heavy atom. The number of rotatable bonds is 9. The van der Waals surface area contributed by atoms with Crippen molar-refractivity contribution in [3.05, 3.63) is 64.0 Å². The van der Waals surface area contributed by atoms with E-state index in [9.17, 15) is 24.5 Å². The lowest BCUT2D eigenvalue weighted by Crippen LogP contribution is -2.49. The van der Waals surface area contributed by atoms with Crippen LogP contribution in [0, 0.1) is 15.9 Å². The van der Waals surface area contributed by atoms with Crippen molar-refractivity contribution in [1.82, 2.24) is 10.2 Å². The predicted octanol–water partition coefficient (Wildman–Crippen LogP) is 2.87. The highest BCUT2D eigenvalue weighted by Crippen LogP contribution is 2.28. The second kappa shape index (κ2) is 11.9.